The first-order valence-corrected chi connectivity index (χ1v) is 8.06. The number of carbonyl (C=O) groups excluding carboxylic acids is 1. The SMILES string of the molecule is Cc1ccc(Nc2c(-c3ccc(F)cc3)nc3n2CC(=O)NC3)cc1. The molecule has 3 aromatic rings. The maximum atomic E-state index is 13.3. The van der Waals surface area contributed by atoms with E-state index in [1.165, 1.54) is 17.7 Å². The van der Waals surface area contributed by atoms with Crippen molar-refractivity contribution in [1.82, 2.24) is 14.9 Å². The number of hydrogen-bond acceptors (Lipinski definition) is 3. The summed E-state index contributed by atoms with van der Waals surface area (Å²) < 4.78 is 15.1. The highest BCUT2D eigenvalue weighted by Crippen LogP contribution is 2.32. The Morgan fingerprint density at radius 3 is 2.56 bits per heavy atom. The zero-order valence-corrected chi connectivity index (χ0v) is 13.7. The third kappa shape index (κ3) is 2.98. The number of aromatic nitrogens is 2. The predicted molar refractivity (Wildman–Crippen MR) is 93.9 cm³/mol. The molecule has 25 heavy (non-hydrogen) atoms. The first-order valence-electron chi connectivity index (χ1n) is 8.06. The van der Waals surface area contributed by atoms with Gasteiger partial charge in [0.15, 0.2) is 0 Å². The number of hydrogen-bond donors (Lipinski definition) is 2. The molecule has 1 aliphatic rings. The molecule has 1 aliphatic heterocycles. The number of carbonyl (C=O) groups is 1. The van der Waals surface area contributed by atoms with Gasteiger partial charge in [-0.15, -0.1) is 0 Å². The Hall–Kier alpha value is -3.15. The highest BCUT2D eigenvalue weighted by Gasteiger charge is 2.24. The normalized spacial score (nSPS) is 13.3. The second-order valence-corrected chi connectivity index (χ2v) is 6.09. The van der Waals surface area contributed by atoms with E-state index in [2.05, 4.69) is 15.6 Å². The molecule has 2 aromatic carbocycles. The number of benzene rings is 2. The number of fused-ring (bicyclic) bond motifs is 1. The van der Waals surface area contributed by atoms with Gasteiger partial charge in [0.2, 0.25) is 5.91 Å². The quantitative estimate of drug-likeness (QED) is 0.771. The average Bonchev–Trinajstić information content (AvgIpc) is 2.95. The standard InChI is InChI=1S/C19H17FN4O/c1-12-2-8-15(9-3-12)22-19-18(13-4-6-14(20)7-5-13)23-16-10-21-17(25)11-24(16)19/h2-9,22H,10-11H2,1H3,(H,21,25). The smallest absolute Gasteiger partial charge is 0.240 e. The molecule has 1 amide bonds. The van der Waals surface area contributed by atoms with Crippen molar-refractivity contribution in [3.05, 3.63) is 65.7 Å². The number of halogens is 1. The second kappa shape index (κ2) is 6.05. The van der Waals surface area contributed by atoms with Gasteiger partial charge in [-0.25, -0.2) is 9.37 Å². The number of rotatable bonds is 3. The summed E-state index contributed by atoms with van der Waals surface area (Å²) >= 11 is 0. The second-order valence-electron chi connectivity index (χ2n) is 6.09. The lowest BCUT2D eigenvalue weighted by Gasteiger charge is -2.18. The predicted octanol–water partition coefficient (Wildman–Crippen LogP) is 3.37. The Bertz CT molecular complexity index is 929. The summed E-state index contributed by atoms with van der Waals surface area (Å²) in [6, 6.07) is 14.2. The molecule has 0 bridgehead atoms. The van der Waals surface area contributed by atoms with Crippen molar-refractivity contribution in [1.29, 1.82) is 0 Å². The van der Waals surface area contributed by atoms with E-state index >= 15 is 0 Å². The van der Waals surface area contributed by atoms with Gasteiger partial charge < -0.3 is 15.2 Å². The topological polar surface area (TPSA) is 59.0 Å². The Kier molecular flexibility index (Phi) is 3.72. The molecule has 0 aliphatic carbocycles. The van der Waals surface area contributed by atoms with Crippen LogP contribution in [0.1, 0.15) is 11.4 Å². The molecule has 2 N–H and O–H groups in total. The summed E-state index contributed by atoms with van der Waals surface area (Å²) in [5.41, 5.74) is 3.57. The van der Waals surface area contributed by atoms with Crippen molar-refractivity contribution in [2.24, 2.45) is 0 Å². The summed E-state index contributed by atoms with van der Waals surface area (Å²) in [6.45, 7) is 2.61. The lowest BCUT2D eigenvalue weighted by atomic mass is 10.1. The van der Waals surface area contributed by atoms with Gasteiger partial charge in [0.1, 0.15) is 29.7 Å². The van der Waals surface area contributed by atoms with Crippen molar-refractivity contribution < 1.29 is 9.18 Å². The highest BCUT2D eigenvalue weighted by molar-refractivity contribution is 5.81. The Morgan fingerprint density at radius 2 is 1.84 bits per heavy atom. The van der Waals surface area contributed by atoms with E-state index in [1.807, 2.05) is 35.8 Å². The van der Waals surface area contributed by atoms with Gasteiger partial charge in [-0.05, 0) is 43.3 Å². The van der Waals surface area contributed by atoms with Crippen LogP contribution in [0, 0.1) is 12.7 Å². The Labute approximate surface area is 144 Å². The van der Waals surface area contributed by atoms with E-state index in [9.17, 15) is 9.18 Å². The Morgan fingerprint density at radius 1 is 1.12 bits per heavy atom. The molecule has 6 heteroatoms. The molecule has 0 unspecified atom stereocenters. The van der Waals surface area contributed by atoms with Crippen LogP contribution in [0.15, 0.2) is 48.5 Å². The summed E-state index contributed by atoms with van der Waals surface area (Å²) in [5, 5.41) is 6.17. The largest absolute Gasteiger partial charge is 0.347 e. The zero-order valence-electron chi connectivity index (χ0n) is 13.7. The van der Waals surface area contributed by atoms with Crippen molar-refractivity contribution in [2.45, 2.75) is 20.0 Å². The molecule has 0 spiro atoms. The fraction of sp³-hybridized carbons (Fsp3) is 0.158. The van der Waals surface area contributed by atoms with Crippen LogP contribution in [-0.4, -0.2) is 15.5 Å². The van der Waals surface area contributed by atoms with Gasteiger partial charge in [-0.1, -0.05) is 17.7 Å². The maximum absolute atomic E-state index is 13.3. The molecule has 4 rings (SSSR count). The van der Waals surface area contributed by atoms with Gasteiger partial charge in [-0.3, -0.25) is 4.79 Å². The number of aryl methyl sites for hydroxylation is 1. The minimum atomic E-state index is -0.294. The monoisotopic (exact) mass is 336 g/mol. The van der Waals surface area contributed by atoms with Gasteiger partial charge in [0.05, 0.1) is 6.54 Å². The maximum Gasteiger partial charge on any atom is 0.240 e. The van der Waals surface area contributed by atoms with Crippen LogP contribution in [0.3, 0.4) is 0 Å². The highest BCUT2D eigenvalue weighted by atomic mass is 19.1. The first kappa shape index (κ1) is 15.4. The van der Waals surface area contributed by atoms with E-state index in [4.69, 9.17) is 0 Å². The molecule has 0 saturated heterocycles. The molecular formula is C19H17FN4O. The zero-order chi connectivity index (χ0) is 17.4. The average molecular weight is 336 g/mol. The van der Waals surface area contributed by atoms with Crippen LogP contribution in [0.2, 0.25) is 0 Å². The van der Waals surface area contributed by atoms with Gasteiger partial charge in [0.25, 0.3) is 0 Å². The molecule has 0 radical (unpaired) electrons. The van der Waals surface area contributed by atoms with E-state index in [1.54, 1.807) is 12.1 Å². The van der Waals surface area contributed by atoms with Gasteiger partial charge in [0, 0.05) is 11.3 Å². The van der Waals surface area contributed by atoms with Crippen molar-refractivity contribution in [3.8, 4) is 11.3 Å². The van der Waals surface area contributed by atoms with E-state index in [0.29, 0.717) is 12.2 Å². The number of anilines is 2. The summed E-state index contributed by atoms with van der Waals surface area (Å²) in [4.78, 5) is 16.5. The lowest BCUT2D eigenvalue weighted by Crippen LogP contribution is -2.34. The van der Waals surface area contributed by atoms with Crippen LogP contribution < -0.4 is 10.6 Å². The molecular weight excluding hydrogens is 319 g/mol. The fourth-order valence-corrected chi connectivity index (χ4v) is 2.89. The molecule has 0 atom stereocenters. The Balaban J connectivity index is 1.81. The lowest BCUT2D eigenvalue weighted by molar-refractivity contribution is -0.122. The minimum Gasteiger partial charge on any atom is -0.347 e. The van der Waals surface area contributed by atoms with Crippen LogP contribution in [0.5, 0.6) is 0 Å². The molecule has 1 aromatic heterocycles. The van der Waals surface area contributed by atoms with Gasteiger partial charge >= 0.3 is 0 Å². The fourth-order valence-electron chi connectivity index (χ4n) is 2.89. The van der Waals surface area contributed by atoms with Crippen molar-refractivity contribution >= 4 is 17.4 Å². The minimum absolute atomic E-state index is 0.0532. The summed E-state index contributed by atoms with van der Waals surface area (Å²) in [5.74, 6) is 1.16. The van der Waals surface area contributed by atoms with E-state index in [-0.39, 0.29) is 18.3 Å². The number of nitrogens with zero attached hydrogens (tertiary/aromatic N) is 2. The molecule has 0 fully saturated rings. The third-order valence-electron chi connectivity index (χ3n) is 4.22. The van der Waals surface area contributed by atoms with Crippen molar-refractivity contribution in [2.75, 3.05) is 5.32 Å². The van der Waals surface area contributed by atoms with Crippen LogP contribution in [-0.2, 0) is 17.9 Å². The summed E-state index contributed by atoms with van der Waals surface area (Å²) in [7, 11) is 0. The first-order chi connectivity index (χ1) is 12.1. The van der Waals surface area contributed by atoms with E-state index in [0.717, 1.165) is 22.9 Å². The van der Waals surface area contributed by atoms with Gasteiger partial charge in [-0.2, -0.15) is 0 Å². The molecule has 126 valence electrons. The van der Waals surface area contributed by atoms with Crippen LogP contribution in [0.25, 0.3) is 11.3 Å². The van der Waals surface area contributed by atoms with Crippen LogP contribution in [0.4, 0.5) is 15.9 Å². The number of imidazole rings is 1. The van der Waals surface area contributed by atoms with Crippen LogP contribution >= 0.6 is 0 Å². The molecule has 2 heterocycles. The molecule has 0 saturated carbocycles. The summed E-state index contributed by atoms with van der Waals surface area (Å²) in [6.07, 6.45) is 0. The van der Waals surface area contributed by atoms with E-state index < -0.39 is 0 Å². The third-order valence-corrected chi connectivity index (χ3v) is 4.22. The number of nitrogens with one attached hydrogen (secondary N) is 2. The number of amides is 1. The van der Waals surface area contributed by atoms with Crippen molar-refractivity contribution in [3.63, 3.8) is 0 Å². The molecule has 5 nitrogen and oxygen atoms in total.